The van der Waals surface area contributed by atoms with Crippen molar-refractivity contribution in [1.29, 1.82) is 0 Å². The zero-order valence-corrected chi connectivity index (χ0v) is 72.3. The topological polar surface area (TPSA) is 216 Å². The summed E-state index contributed by atoms with van der Waals surface area (Å²) >= 11 is 0. The van der Waals surface area contributed by atoms with E-state index < -0.39 is 25.2 Å². The van der Waals surface area contributed by atoms with Gasteiger partial charge in [-0.05, 0) is 221 Å². The van der Waals surface area contributed by atoms with Crippen molar-refractivity contribution < 1.29 is 110 Å². The van der Waals surface area contributed by atoms with Crippen LogP contribution >= 0.6 is 0 Å². The molecule has 0 amide bonds. The molecule has 0 radical (unpaired) electrons. The number of hydrogen-bond acceptors (Lipinski definition) is 10. The Bertz CT molecular complexity index is 5060. The second kappa shape index (κ2) is 51.6. The van der Waals surface area contributed by atoms with Crippen molar-refractivity contribution in [2.24, 2.45) is 0 Å². The molecule has 0 unspecified atom stereocenters. The smallest absolute Gasteiger partial charge is 0.179 e. The molecule has 0 spiro atoms. The number of nitrogens with zero attached hydrogens (tertiary/aromatic N) is 2. The van der Waals surface area contributed by atoms with E-state index in [-0.39, 0.29) is 80.7 Å². The van der Waals surface area contributed by atoms with Crippen LogP contribution in [0.25, 0.3) is 100 Å². The third-order valence-electron chi connectivity index (χ3n) is 20.6. The summed E-state index contributed by atoms with van der Waals surface area (Å²) in [6, 6.07) is 109. The van der Waals surface area contributed by atoms with Crippen molar-refractivity contribution in [1.82, 2.24) is 9.80 Å². The zero-order chi connectivity index (χ0) is 90.9. The number of halogens is 8. The van der Waals surface area contributed by atoms with Gasteiger partial charge in [0.15, 0.2) is 25.2 Å². The van der Waals surface area contributed by atoms with Crippen molar-refractivity contribution >= 4 is 0 Å². The molecule has 0 aliphatic heterocycles. The minimum absolute atomic E-state index is 0. The van der Waals surface area contributed by atoms with Gasteiger partial charge in [-0.15, -0.1) is 13.1 Å². The van der Waals surface area contributed by atoms with E-state index in [0.29, 0.717) is 124 Å². The first kappa shape index (κ1) is 101. The van der Waals surface area contributed by atoms with Gasteiger partial charge >= 0.3 is 0 Å². The summed E-state index contributed by atoms with van der Waals surface area (Å²) in [7, 11) is 0. The molecule has 16 aromatic carbocycles. The number of aliphatic hydroxyl groups excluding tert-OH is 4. The fourth-order valence-electron chi connectivity index (χ4n) is 14.5. The number of benzene rings is 16. The monoisotopic (exact) mass is 1840 g/mol. The standard InChI is InChI=1S/4C19H14F2O2.2C16H19N2.2Fe/c4*20-14-8-4-12(5-9-14)16-2-1-3-17(18(16)19(22)23)13-6-10-15(21)11-7-13;2*17-11-12-18(13-15-7-3-1-4-8-15)14-16-9-5-2-6-10-16;;/h4*1-11,19,22-23H;2*1-10,17H,11-14H2;;/q;;;;2*-1;;. The van der Waals surface area contributed by atoms with Crippen LogP contribution in [0.4, 0.5) is 35.1 Å². The predicted octanol–water partition coefficient (Wildman–Crippen LogP) is 24.6. The molecule has 0 atom stereocenters. The van der Waals surface area contributed by atoms with Crippen LogP contribution in [0.15, 0.2) is 388 Å². The Labute approximate surface area is 772 Å². The molecule has 16 aromatic rings. The Morgan fingerprint density at radius 3 is 0.431 bits per heavy atom. The van der Waals surface area contributed by atoms with Gasteiger partial charge < -0.3 is 52.3 Å². The Hall–Kier alpha value is -12.5. The second-order valence-electron chi connectivity index (χ2n) is 29.5. The minimum atomic E-state index is -1.71. The third kappa shape index (κ3) is 29.8. The molecule has 10 N–H and O–H groups in total. The first-order valence-corrected chi connectivity index (χ1v) is 40.9. The van der Waals surface area contributed by atoms with Gasteiger partial charge in [-0.1, -0.05) is 291 Å². The van der Waals surface area contributed by atoms with Gasteiger partial charge in [0.2, 0.25) is 0 Å². The summed E-state index contributed by atoms with van der Waals surface area (Å²) in [5.41, 5.74) is 31.3. The maximum Gasteiger partial charge on any atom is 0.179 e. The molecule has 0 aliphatic rings. The number of aliphatic hydroxyl groups is 8. The van der Waals surface area contributed by atoms with Gasteiger partial charge in [-0.2, -0.15) is 0 Å². The van der Waals surface area contributed by atoms with Crippen LogP contribution in [0.1, 0.15) is 69.7 Å². The molecule has 12 nitrogen and oxygen atoms in total. The molecule has 22 heteroatoms. The van der Waals surface area contributed by atoms with E-state index >= 15 is 0 Å². The van der Waals surface area contributed by atoms with E-state index in [2.05, 4.69) is 107 Å². The number of hydrogen-bond donors (Lipinski definition) is 8. The van der Waals surface area contributed by atoms with Crippen molar-refractivity contribution in [2.75, 3.05) is 26.2 Å². The van der Waals surface area contributed by atoms with Crippen molar-refractivity contribution in [2.45, 2.75) is 51.3 Å². The molecule has 0 aliphatic carbocycles. The van der Waals surface area contributed by atoms with E-state index in [1.807, 2.05) is 24.3 Å². The van der Waals surface area contributed by atoms with Crippen LogP contribution < -0.4 is 0 Å². The third-order valence-corrected chi connectivity index (χ3v) is 20.6. The van der Waals surface area contributed by atoms with E-state index in [1.165, 1.54) is 119 Å². The molecular formula is C108H94F8Fe2N4O8-2. The van der Waals surface area contributed by atoms with Gasteiger partial charge in [0.25, 0.3) is 0 Å². The Morgan fingerprint density at radius 2 is 0.315 bits per heavy atom. The Balaban J connectivity index is 0.000000176. The van der Waals surface area contributed by atoms with Crippen LogP contribution in [0.5, 0.6) is 0 Å². The quantitative estimate of drug-likeness (QED) is 0.0163. The average Bonchev–Trinajstić information content (AvgIpc) is 0.803. The Morgan fingerprint density at radius 1 is 0.185 bits per heavy atom. The summed E-state index contributed by atoms with van der Waals surface area (Å²) < 4.78 is 105. The summed E-state index contributed by atoms with van der Waals surface area (Å²) in [6.45, 7) is 6.15. The molecule has 0 saturated heterocycles. The van der Waals surface area contributed by atoms with Gasteiger partial charge in [0, 0.05) is 82.6 Å². The van der Waals surface area contributed by atoms with E-state index in [0.717, 1.165) is 39.3 Å². The second-order valence-corrected chi connectivity index (χ2v) is 29.5. The molecule has 16 rings (SSSR count). The summed E-state index contributed by atoms with van der Waals surface area (Å²) in [4.78, 5) is 4.63. The van der Waals surface area contributed by atoms with Gasteiger partial charge in [0.1, 0.15) is 46.5 Å². The fourth-order valence-corrected chi connectivity index (χ4v) is 14.5. The molecule has 130 heavy (non-hydrogen) atoms. The molecule has 0 fully saturated rings. The van der Waals surface area contributed by atoms with Crippen LogP contribution in [0.3, 0.4) is 0 Å². The predicted molar refractivity (Wildman–Crippen MR) is 490 cm³/mol. The van der Waals surface area contributed by atoms with Crippen LogP contribution in [0, 0.1) is 46.5 Å². The molecular weight excluding hydrogens is 1740 g/mol. The van der Waals surface area contributed by atoms with Crippen molar-refractivity contribution in [3.05, 3.63) is 491 Å². The SMILES string of the molecule is OC(O)c1c(-c2ccc(F)cc2)cccc1-c1ccc(F)cc1.OC(O)c1c(-c2ccc(F)cc2)cccc1-c1ccc(F)cc1.OC(O)c1c(-c2ccc(F)cc2)cccc1-c1ccc(F)cc1.OC(O)c1c(-c2ccc(F)cc2)cccc1-c1ccc(F)cc1.[Fe].[Fe].[NH-]CCN(Cc1ccccc1)Cc1ccccc1.[NH-]CCN(Cc1ccccc1)Cc1ccccc1. The summed E-state index contributed by atoms with van der Waals surface area (Å²) in [5.74, 6) is -2.93. The van der Waals surface area contributed by atoms with E-state index in [9.17, 15) is 76.0 Å². The van der Waals surface area contributed by atoms with Crippen molar-refractivity contribution in [3.8, 4) is 89.0 Å². The first-order valence-electron chi connectivity index (χ1n) is 40.9. The molecule has 0 bridgehead atoms. The zero-order valence-electron chi connectivity index (χ0n) is 70.1. The van der Waals surface area contributed by atoms with Gasteiger partial charge in [-0.3, -0.25) is 9.80 Å². The summed E-state index contributed by atoms with van der Waals surface area (Å²) in [5, 5.41) is 78.6. The normalized spacial score (nSPS) is 10.8. The fraction of sp³-hybridized carbons (Fsp3) is 0.111. The number of rotatable bonds is 24. The minimum Gasteiger partial charge on any atom is -0.676 e. The summed E-state index contributed by atoms with van der Waals surface area (Å²) in [6.07, 6.45) is -6.85. The van der Waals surface area contributed by atoms with Crippen LogP contribution in [-0.4, -0.2) is 76.8 Å². The van der Waals surface area contributed by atoms with Gasteiger partial charge in [-0.25, -0.2) is 35.1 Å². The average molecular weight is 1840 g/mol. The van der Waals surface area contributed by atoms with Crippen LogP contribution in [-0.2, 0) is 60.3 Å². The largest absolute Gasteiger partial charge is 0.676 e. The molecule has 0 heterocycles. The van der Waals surface area contributed by atoms with Crippen molar-refractivity contribution in [3.63, 3.8) is 0 Å². The Kier molecular flexibility index (Phi) is 40.2. The van der Waals surface area contributed by atoms with E-state index in [4.69, 9.17) is 11.5 Å². The van der Waals surface area contributed by atoms with Crippen LogP contribution in [0.2, 0.25) is 0 Å². The maximum atomic E-state index is 13.1. The molecule has 0 saturated carbocycles. The number of nitrogens with one attached hydrogen (secondary N) is 2. The maximum absolute atomic E-state index is 13.1. The van der Waals surface area contributed by atoms with E-state index in [1.54, 1.807) is 170 Å². The molecule has 668 valence electrons. The molecule has 0 aromatic heterocycles. The first-order chi connectivity index (χ1) is 62.0. The van der Waals surface area contributed by atoms with Gasteiger partial charge in [0.05, 0.1) is 0 Å².